The van der Waals surface area contributed by atoms with Crippen molar-refractivity contribution in [1.82, 2.24) is 30.6 Å². The standard InChI is InChI=1S/C20H24BN7O3.C20H12O5/c1-12(29)24-10-13-4-6-14(7-5-13)11-31-19-17-18(27-20(22)28-19)26-15(25-17)3-2-8-23-16(30)9-21;21-11-5-7-15-17(9-11)24-18-10-12(22)6-8-16(18)20(15)14-4-2-1-3-13(14)19(23)25-20/h4-7H,2-3,8-11H2,1H3,(H,23,30)(H,24,29)(H3,22,25,26,27,28);1-10,15,22H. The first-order valence-electron chi connectivity index (χ1n) is 17.8. The summed E-state index contributed by atoms with van der Waals surface area (Å²) in [4.78, 5) is 62.5. The van der Waals surface area contributed by atoms with Gasteiger partial charge in [-0.3, -0.25) is 14.4 Å². The van der Waals surface area contributed by atoms with Crippen molar-refractivity contribution in [2.45, 2.75) is 44.8 Å². The van der Waals surface area contributed by atoms with Gasteiger partial charge in [-0.1, -0.05) is 48.5 Å². The van der Waals surface area contributed by atoms with Gasteiger partial charge in [-0.25, -0.2) is 9.78 Å². The number of nitrogens with zero attached hydrogens (tertiary/aromatic N) is 3. The van der Waals surface area contributed by atoms with Crippen LogP contribution in [0.25, 0.3) is 11.2 Å². The van der Waals surface area contributed by atoms with Gasteiger partial charge >= 0.3 is 5.97 Å². The summed E-state index contributed by atoms with van der Waals surface area (Å²) in [7, 11) is 5.26. The molecule has 16 heteroatoms. The number of imidazole rings is 1. The number of esters is 1. The summed E-state index contributed by atoms with van der Waals surface area (Å²) in [5.74, 6) is 0.566. The van der Waals surface area contributed by atoms with Crippen LogP contribution in [0.5, 0.6) is 17.4 Å². The Balaban J connectivity index is 0.000000175. The first kappa shape index (κ1) is 37.4. The van der Waals surface area contributed by atoms with Gasteiger partial charge in [0.1, 0.15) is 35.2 Å². The number of hydrogen-bond donors (Lipinski definition) is 5. The molecule has 2 amide bonds. The van der Waals surface area contributed by atoms with Crippen LogP contribution in [0.15, 0.2) is 90.7 Å². The highest BCUT2D eigenvalue weighted by molar-refractivity contribution is 6.19. The molecule has 2 radical (unpaired) electrons. The zero-order valence-corrected chi connectivity index (χ0v) is 30.2. The van der Waals surface area contributed by atoms with Gasteiger partial charge in [-0.2, -0.15) is 9.97 Å². The van der Waals surface area contributed by atoms with Crippen LogP contribution < -0.4 is 25.8 Å². The van der Waals surface area contributed by atoms with Gasteiger partial charge < -0.3 is 40.7 Å². The van der Waals surface area contributed by atoms with E-state index < -0.39 is 17.5 Å². The number of benzene rings is 3. The van der Waals surface area contributed by atoms with E-state index >= 15 is 0 Å². The lowest BCUT2D eigenvalue weighted by atomic mass is 9.71. The maximum Gasteiger partial charge on any atom is 0.339 e. The number of nitrogens with two attached hydrogens (primary N) is 1. The van der Waals surface area contributed by atoms with Crippen LogP contribution in [0.3, 0.4) is 0 Å². The zero-order valence-electron chi connectivity index (χ0n) is 30.2. The predicted octanol–water partition coefficient (Wildman–Crippen LogP) is 3.62. The lowest BCUT2D eigenvalue weighted by molar-refractivity contribution is -0.119. The smallest absolute Gasteiger partial charge is 0.339 e. The third kappa shape index (κ3) is 7.67. The molecule has 1 spiro atoms. The molecule has 8 rings (SSSR count). The Morgan fingerprint density at radius 1 is 1.02 bits per heavy atom. The molecule has 2 aromatic heterocycles. The van der Waals surface area contributed by atoms with Crippen LogP contribution in [0, 0.1) is 5.92 Å². The normalized spacial score (nSPS) is 17.4. The Hall–Kier alpha value is -6.97. The van der Waals surface area contributed by atoms with Crippen molar-refractivity contribution in [3.63, 3.8) is 0 Å². The van der Waals surface area contributed by atoms with Crippen molar-refractivity contribution in [2.24, 2.45) is 5.92 Å². The van der Waals surface area contributed by atoms with Crippen molar-refractivity contribution in [2.75, 3.05) is 12.3 Å². The molecule has 0 saturated carbocycles. The second kappa shape index (κ2) is 15.8. The molecule has 282 valence electrons. The maximum absolute atomic E-state index is 12.5. The number of nitrogens with one attached hydrogen (secondary N) is 3. The number of allylic oxidation sites excluding steroid dienone is 2. The SMILES string of the molecule is O=C1C=CC2C(=C1)Oc1cc(O)ccc1C21OC(=O)c2ccccc21.[B]CC(=O)NCCCc1nc2nc(N)nc(OCc3ccc(CNC(C)=O)cc3)c2[nH]1. The summed E-state index contributed by atoms with van der Waals surface area (Å²) in [5, 5.41) is 15.3. The van der Waals surface area contributed by atoms with Crippen LogP contribution in [0.1, 0.15) is 51.8 Å². The van der Waals surface area contributed by atoms with E-state index in [-0.39, 0.29) is 42.2 Å². The summed E-state index contributed by atoms with van der Waals surface area (Å²) in [6, 6.07) is 19.6. The summed E-state index contributed by atoms with van der Waals surface area (Å²) in [5.41, 5.74) is 9.48. The van der Waals surface area contributed by atoms with Gasteiger partial charge in [0.05, 0.1) is 19.3 Å². The zero-order chi connectivity index (χ0) is 39.4. The van der Waals surface area contributed by atoms with Gasteiger partial charge in [0.25, 0.3) is 0 Å². The minimum absolute atomic E-state index is 0.0295. The number of amides is 2. The lowest BCUT2D eigenvalue weighted by Crippen LogP contribution is -2.42. The number of nitrogen functional groups attached to an aromatic ring is 1. The number of aryl methyl sites for hydroxylation is 1. The third-order valence-electron chi connectivity index (χ3n) is 9.30. The number of hydrogen-bond acceptors (Lipinski definition) is 12. The van der Waals surface area contributed by atoms with Crippen molar-refractivity contribution in [3.8, 4) is 17.4 Å². The summed E-state index contributed by atoms with van der Waals surface area (Å²) >= 11 is 0. The Bertz CT molecular complexity index is 2410. The van der Waals surface area contributed by atoms with Crippen molar-refractivity contribution in [3.05, 3.63) is 124 Å². The molecule has 1 aliphatic carbocycles. The van der Waals surface area contributed by atoms with Gasteiger partial charge in [0.15, 0.2) is 17.0 Å². The quantitative estimate of drug-likeness (QED) is 0.0785. The number of aromatic hydroxyl groups is 1. The monoisotopic (exact) mass is 753 g/mol. The minimum Gasteiger partial charge on any atom is -0.508 e. The molecule has 56 heavy (non-hydrogen) atoms. The average molecular weight is 754 g/mol. The van der Waals surface area contributed by atoms with Crippen molar-refractivity contribution >= 4 is 48.5 Å². The molecule has 3 aliphatic rings. The second-order valence-corrected chi connectivity index (χ2v) is 13.2. The number of ether oxygens (including phenoxy) is 3. The number of carbonyl (C=O) groups excluding carboxylic acids is 4. The third-order valence-corrected chi connectivity index (χ3v) is 9.30. The summed E-state index contributed by atoms with van der Waals surface area (Å²) < 4.78 is 17.7. The summed E-state index contributed by atoms with van der Waals surface area (Å²) in [6.07, 6.45) is 5.83. The largest absolute Gasteiger partial charge is 0.508 e. The van der Waals surface area contributed by atoms with Crippen LogP contribution in [-0.2, 0) is 44.3 Å². The number of aromatic amines is 1. The van der Waals surface area contributed by atoms with E-state index in [0.717, 1.165) is 16.7 Å². The van der Waals surface area contributed by atoms with Crippen LogP contribution >= 0.6 is 0 Å². The number of carbonyl (C=O) groups is 4. The van der Waals surface area contributed by atoms with Gasteiger partial charge in [-0.05, 0) is 48.1 Å². The van der Waals surface area contributed by atoms with Crippen LogP contribution in [0.4, 0.5) is 5.95 Å². The predicted molar refractivity (Wildman–Crippen MR) is 203 cm³/mol. The van der Waals surface area contributed by atoms with Crippen molar-refractivity contribution in [1.29, 1.82) is 0 Å². The molecule has 2 aliphatic heterocycles. The van der Waals surface area contributed by atoms with E-state index in [9.17, 15) is 24.3 Å². The Labute approximate surface area is 321 Å². The molecular weight excluding hydrogens is 717 g/mol. The van der Waals surface area contributed by atoms with E-state index in [1.807, 2.05) is 36.4 Å². The van der Waals surface area contributed by atoms with Gasteiger partial charge in [-0.15, -0.1) is 0 Å². The second-order valence-electron chi connectivity index (χ2n) is 13.2. The number of aromatic nitrogens is 4. The fourth-order valence-corrected chi connectivity index (χ4v) is 6.71. The lowest BCUT2D eigenvalue weighted by Gasteiger charge is -2.42. The molecule has 0 saturated heterocycles. The summed E-state index contributed by atoms with van der Waals surface area (Å²) in [6.45, 7) is 2.75. The van der Waals surface area contributed by atoms with Crippen molar-refractivity contribution < 1.29 is 38.5 Å². The number of ketones is 1. The van der Waals surface area contributed by atoms with Gasteiger partial charge in [0.2, 0.25) is 23.6 Å². The van der Waals surface area contributed by atoms with E-state index in [4.69, 9.17) is 27.8 Å². The van der Waals surface area contributed by atoms with Gasteiger partial charge in [0, 0.05) is 49.7 Å². The van der Waals surface area contributed by atoms with E-state index in [2.05, 4.69) is 30.6 Å². The Morgan fingerprint density at radius 3 is 2.59 bits per heavy atom. The Kier molecular flexibility index (Phi) is 10.5. The topological polar surface area (TPSA) is 221 Å². The van der Waals surface area contributed by atoms with Crippen LogP contribution in [0.2, 0.25) is 6.32 Å². The van der Waals surface area contributed by atoms with Crippen LogP contribution in [-0.4, -0.2) is 63.0 Å². The number of H-pyrrole nitrogens is 1. The highest BCUT2D eigenvalue weighted by Gasteiger charge is 2.57. The number of phenols is 1. The molecule has 6 N–H and O–H groups in total. The molecule has 0 bridgehead atoms. The van der Waals surface area contributed by atoms with E-state index in [1.165, 1.54) is 31.2 Å². The number of fused-ring (bicyclic) bond motifs is 7. The number of phenolic OH excluding ortho intramolecular Hbond substituents is 1. The number of rotatable bonds is 10. The number of anilines is 1. The minimum atomic E-state index is -1.11. The fourth-order valence-electron chi connectivity index (χ4n) is 6.71. The molecule has 2 atom stereocenters. The molecular formula is C40H36BN7O8. The first-order valence-corrected chi connectivity index (χ1v) is 17.8. The van der Waals surface area contributed by atoms with E-state index in [1.54, 1.807) is 24.3 Å². The first-order chi connectivity index (χ1) is 27.0. The fraction of sp³-hybridized carbons (Fsp3) is 0.225. The van der Waals surface area contributed by atoms with E-state index in [0.29, 0.717) is 71.4 Å². The molecule has 4 heterocycles. The molecule has 15 nitrogen and oxygen atoms in total. The molecule has 0 fully saturated rings. The molecule has 5 aromatic rings. The Morgan fingerprint density at radius 2 is 1.80 bits per heavy atom. The average Bonchev–Trinajstić information content (AvgIpc) is 3.73. The molecule has 3 aromatic carbocycles. The maximum atomic E-state index is 12.5. The highest BCUT2D eigenvalue weighted by atomic mass is 16.6. The molecule has 2 unspecified atom stereocenters. The highest BCUT2D eigenvalue weighted by Crippen LogP contribution is 2.56.